The minimum atomic E-state index is 0.925. The van der Waals surface area contributed by atoms with E-state index in [0.29, 0.717) is 0 Å². The van der Waals surface area contributed by atoms with Gasteiger partial charge in [-0.2, -0.15) is 0 Å². The van der Waals surface area contributed by atoms with Crippen molar-refractivity contribution in [3.05, 3.63) is 102 Å². The first-order chi connectivity index (χ1) is 14.8. The van der Waals surface area contributed by atoms with Crippen LogP contribution in [0.3, 0.4) is 0 Å². The Bertz CT molecular complexity index is 1540. The van der Waals surface area contributed by atoms with Gasteiger partial charge in [-0.25, -0.2) is 9.97 Å². The average molecular weight is 450 g/mol. The summed E-state index contributed by atoms with van der Waals surface area (Å²) >= 11 is 3.79. The highest BCUT2D eigenvalue weighted by molar-refractivity contribution is 9.10. The van der Waals surface area contributed by atoms with Crippen LogP contribution in [0.15, 0.2) is 102 Å². The molecular weight excluding hydrogens is 434 g/mol. The van der Waals surface area contributed by atoms with Crippen molar-refractivity contribution in [2.24, 2.45) is 0 Å². The van der Waals surface area contributed by atoms with E-state index in [9.17, 15) is 0 Å². The Balaban J connectivity index is 1.79. The Hall–Kier alpha value is -3.50. The van der Waals surface area contributed by atoms with Crippen LogP contribution in [-0.4, -0.2) is 14.4 Å². The normalized spacial score (nSPS) is 11.5. The molecule has 142 valence electrons. The van der Waals surface area contributed by atoms with Crippen molar-refractivity contribution in [2.75, 3.05) is 0 Å². The SMILES string of the molecule is Brc1c(-c2ccccc2)nc2c3c(ccn12)c(-c1ccccc1)nc1ccccc13. The summed E-state index contributed by atoms with van der Waals surface area (Å²) in [6, 6.07) is 31.1. The van der Waals surface area contributed by atoms with Crippen molar-refractivity contribution in [2.45, 2.75) is 0 Å². The minimum absolute atomic E-state index is 0.925. The number of nitrogens with zero attached hydrogens (tertiary/aromatic N) is 3. The van der Waals surface area contributed by atoms with Gasteiger partial charge in [0.2, 0.25) is 0 Å². The minimum Gasteiger partial charge on any atom is -0.293 e. The molecular formula is C26H16BrN3. The molecule has 30 heavy (non-hydrogen) atoms. The van der Waals surface area contributed by atoms with E-state index in [2.05, 4.69) is 87.2 Å². The third-order valence-corrected chi connectivity index (χ3v) is 6.25. The van der Waals surface area contributed by atoms with Gasteiger partial charge in [0.25, 0.3) is 0 Å². The number of benzene rings is 3. The highest BCUT2D eigenvalue weighted by Crippen LogP contribution is 2.37. The lowest BCUT2D eigenvalue weighted by Gasteiger charge is -2.11. The molecule has 3 aromatic carbocycles. The number of hydrogen-bond acceptors (Lipinski definition) is 2. The van der Waals surface area contributed by atoms with Gasteiger partial charge in [-0.3, -0.25) is 4.40 Å². The lowest BCUT2D eigenvalue weighted by atomic mass is 10.0. The third-order valence-electron chi connectivity index (χ3n) is 5.49. The van der Waals surface area contributed by atoms with Gasteiger partial charge in [0, 0.05) is 33.5 Å². The topological polar surface area (TPSA) is 30.2 Å². The molecule has 0 saturated heterocycles. The molecule has 0 atom stereocenters. The summed E-state index contributed by atoms with van der Waals surface area (Å²) in [5.41, 5.74) is 6.00. The van der Waals surface area contributed by atoms with E-state index < -0.39 is 0 Å². The highest BCUT2D eigenvalue weighted by atomic mass is 79.9. The second-order valence-corrected chi connectivity index (χ2v) is 8.01. The number of fused-ring (bicyclic) bond motifs is 5. The second-order valence-electron chi connectivity index (χ2n) is 7.26. The first-order valence-electron chi connectivity index (χ1n) is 9.81. The van der Waals surface area contributed by atoms with Crippen LogP contribution in [0.25, 0.3) is 49.8 Å². The van der Waals surface area contributed by atoms with Crippen LogP contribution in [0.2, 0.25) is 0 Å². The van der Waals surface area contributed by atoms with E-state index in [-0.39, 0.29) is 0 Å². The maximum absolute atomic E-state index is 5.08. The number of rotatable bonds is 2. The van der Waals surface area contributed by atoms with Crippen molar-refractivity contribution < 1.29 is 0 Å². The molecule has 3 aromatic heterocycles. The standard InChI is InChI=1S/C26H16BrN3/c27-25-24(18-11-5-2-6-12-18)29-26-22-19-13-7-8-14-21(19)28-23(17-9-3-1-4-10-17)20(22)15-16-30(25)26/h1-16H. The molecule has 0 amide bonds. The Kier molecular flexibility index (Phi) is 3.93. The zero-order chi connectivity index (χ0) is 20.1. The number of para-hydroxylation sites is 1. The number of pyridine rings is 2. The van der Waals surface area contributed by atoms with Crippen LogP contribution in [0.4, 0.5) is 0 Å². The van der Waals surface area contributed by atoms with Crippen LogP contribution in [0, 0.1) is 0 Å². The molecule has 0 saturated carbocycles. The van der Waals surface area contributed by atoms with Gasteiger partial charge in [0.05, 0.1) is 11.2 Å². The summed E-state index contributed by atoms with van der Waals surface area (Å²) < 4.78 is 3.07. The quantitative estimate of drug-likeness (QED) is 0.263. The molecule has 6 aromatic rings. The number of imidazole rings is 1. The van der Waals surface area contributed by atoms with Crippen molar-refractivity contribution >= 4 is 43.3 Å². The lowest BCUT2D eigenvalue weighted by Crippen LogP contribution is -1.93. The van der Waals surface area contributed by atoms with Gasteiger partial charge in [-0.05, 0) is 28.1 Å². The summed E-state index contributed by atoms with van der Waals surface area (Å²) in [5.74, 6) is 0. The Labute approximate surface area is 181 Å². The van der Waals surface area contributed by atoms with Crippen molar-refractivity contribution in [3.63, 3.8) is 0 Å². The van der Waals surface area contributed by atoms with Gasteiger partial charge in [-0.15, -0.1) is 0 Å². The van der Waals surface area contributed by atoms with E-state index in [1.165, 1.54) is 0 Å². The summed E-state index contributed by atoms with van der Waals surface area (Å²) in [4.78, 5) is 10.1. The Morgan fingerprint density at radius 3 is 1.97 bits per heavy atom. The van der Waals surface area contributed by atoms with Crippen LogP contribution in [0.5, 0.6) is 0 Å². The zero-order valence-corrected chi connectivity index (χ0v) is 17.5. The largest absolute Gasteiger partial charge is 0.293 e. The fourth-order valence-corrected chi connectivity index (χ4v) is 4.70. The molecule has 0 radical (unpaired) electrons. The monoisotopic (exact) mass is 449 g/mol. The van der Waals surface area contributed by atoms with Gasteiger partial charge >= 0.3 is 0 Å². The second kappa shape index (κ2) is 6.78. The molecule has 0 bridgehead atoms. The van der Waals surface area contributed by atoms with Crippen LogP contribution in [-0.2, 0) is 0 Å². The molecule has 0 aliphatic heterocycles. The van der Waals surface area contributed by atoms with Gasteiger partial charge < -0.3 is 0 Å². The molecule has 6 rings (SSSR count). The van der Waals surface area contributed by atoms with E-state index in [0.717, 1.165) is 54.4 Å². The first-order valence-corrected chi connectivity index (χ1v) is 10.6. The smallest absolute Gasteiger partial charge is 0.147 e. The fourth-order valence-electron chi connectivity index (χ4n) is 4.10. The summed E-state index contributed by atoms with van der Waals surface area (Å²) in [7, 11) is 0. The molecule has 0 spiro atoms. The molecule has 0 unspecified atom stereocenters. The van der Waals surface area contributed by atoms with Gasteiger partial charge in [0.1, 0.15) is 15.9 Å². The number of halogens is 1. The number of hydrogen-bond donors (Lipinski definition) is 0. The van der Waals surface area contributed by atoms with E-state index in [1.54, 1.807) is 0 Å². The lowest BCUT2D eigenvalue weighted by molar-refractivity contribution is 1.17. The molecule has 3 nitrogen and oxygen atoms in total. The summed E-state index contributed by atoms with van der Waals surface area (Å²) in [6.07, 6.45) is 2.07. The van der Waals surface area contributed by atoms with Crippen molar-refractivity contribution in [1.82, 2.24) is 14.4 Å². The third kappa shape index (κ3) is 2.57. The predicted molar refractivity (Wildman–Crippen MR) is 127 cm³/mol. The zero-order valence-electron chi connectivity index (χ0n) is 16.0. The Morgan fingerprint density at radius 1 is 0.600 bits per heavy atom. The van der Waals surface area contributed by atoms with Crippen molar-refractivity contribution in [3.8, 4) is 22.5 Å². The van der Waals surface area contributed by atoms with E-state index in [4.69, 9.17) is 9.97 Å². The summed E-state index contributed by atoms with van der Waals surface area (Å²) in [6.45, 7) is 0. The van der Waals surface area contributed by atoms with Crippen LogP contribution in [0.1, 0.15) is 0 Å². The Morgan fingerprint density at radius 2 is 1.23 bits per heavy atom. The van der Waals surface area contributed by atoms with E-state index in [1.807, 2.05) is 30.3 Å². The van der Waals surface area contributed by atoms with Crippen molar-refractivity contribution in [1.29, 1.82) is 0 Å². The molecule has 4 heteroatoms. The maximum Gasteiger partial charge on any atom is 0.147 e. The summed E-state index contributed by atoms with van der Waals surface area (Å²) in [5, 5.41) is 3.32. The maximum atomic E-state index is 5.08. The fraction of sp³-hybridized carbons (Fsp3) is 0. The molecule has 0 fully saturated rings. The molecule has 0 aliphatic rings. The van der Waals surface area contributed by atoms with Crippen LogP contribution < -0.4 is 0 Å². The van der Waals surface area contributed by atoms with Gasteiger partial charge in [-0.1, -0.05) is 78.9 Å². The van der Waals surface area contributed by atoms with Gasteiger partial charge in [0.15, 0.2) is 0 Å². The number of aromatic nitrogens is 3. The van der Waals surface area contributed by atoms with E-state index >= 15 is 0 Å². The first kappa shape index (κ1) is 17.4. The highest BCUT2D eigenvalue weighted by Gasteiger charge is 2.18. The molecule has 3 heterocycles. The predicted octanol–water partition coefficient (Wildman–Crippen LogP) is 7.13. The average Bonchev–Trinajstić information content (AvgIpc) is 3.16. The van der Waals surface area contributed by atoms with Crippen LogP contribution >= 0.6 is 15.9 Å². The molecule has 0 N–H and O–H groups in total. The molecule has 0 aliphatic carbocycles.